The number of nitrogens with one attached hydrogen (secondary N) is 3. The van der Waals surface area contributed by atoms with Crippen LogP contribution in [0.3, 0.4) is 0 Å². The lowest BCUT2D eigenvalue weighted by Crippen LogP contribution is -2.56. The number of carbonyl (C=O) groups excluding carboxylic acids is 3. The monoisotopic (exact) mass is 630 g/mol. The number of Topliss-reactive ketones (excluding diaryl/α,β-unsaturated/α-hetero) is 1. The van der Waals surface area contributed by atoms with E-state index in [1.54, 1.807) is 0 Å². The van der Waals surface area contributed by atoms with Gasteiger partial charge in [-0.05, 0) is 55.2 Å². The largest absolute Gasteiger partial charge is 0.432 e. The molecule has 1 aliphatic carbocycles. The standard InChI is InChI=1S/C26H32F2N4O8S2/c1-3-21(23(33)25(35)31-18-6-7-18)32-24(34)22(15-42(38,39)14-17-5-4-12-29-13-17)30-16-26(27,28)40-19-8-10-20(11-9-19)41(2,36)37/h4-5,8-13,18,21-22,30H,3,6-7,14-16H2,1-2H3,(H,31,35)(H,32,34)/t21-,22-/m0/s1. The Morgan fingerprint density at radius 1 is 1.07 bits per heavy atom. The molecule has 42 heavy (non-hydrogen) atoms. The van der Waals surface area contributed by atoms with Gasteiger partial charge in [-0.2, -0.15) is 8.78 Å². The van der Waals surface area contributed by atoms with Gasteiger partial charge < -0.3 is 15.4 Å². The third kappa shape index (κ3) is 10.4. The first-order chi connectivity index (χ1) is 19.6. The molecule has 2 atom stereocenters. The number of hydrogen-bond donors (Lipinski definition) is 3. The Kier molecular flexibility index (Phi) is 10.7. The number of nitrogens with zero attached hydrogens (tertiary/aromatic N) is 1. The SMILES string of the molecule is CC[C@H](NC(=O)[C@H](CS(=O)(=O)Cc1cccnc1)NCC(F)(F)Oc1ccc(S(C)(=O)=O)cc1)C(=O)C(=O)NC1CC1. The molecule has 0 bridgehead atoms. The molecule has 16 heteroatoms. The quantitative estimate of drug-likeness (QED) is 0.225. The van der Waals surface area contributed by atoms with Gasteiger partial charge in [0.05, 0.1) is 22.4 Å². The molecular formula is C26H32F2N4O8S2. The number of carbonyl (C=O) groups is 3. The molecule has 0 spiro atoms. The van der Waals surface area contributed by atoms with Gasteiger partial charge in [0.1, 0.15) is 18.3 Å². The number of rotatable bonds is 16. The first kappa shape index (κ1) is 33.0. The van der Waals surface area contributed by atoms with Crippen LogP contribution in [0.2, 0.25) is 0 Å². The molecule has 1 saturated carbocycles. The fourth-order valence-electron chi connectivity index (χ4n) is 3.75. The van der Waals surface area contributed by atoms with Crippen LogP contribution in [0, 0.1) is 0 Å². The molecule has 230 valence electrons. The molecule has 1 fully saturated rings. The van der Waals surface area contributed by atoms with Gasteiger partial charge in [0.2, 0.25) is 11.7 Å². The molecule has 2 aromatic rings. The summed E-state index contributed by atoms with van der Waals surface area (Å²) in [6.45, 7) is 0.195. The first-order valence-electron chi connectivity index (χ1n) is 12.9. The van der Waals surface area contributed by atoms with Gasteiger partial charge in [-0.3, -0.25) is 24.7 Å². The summed E-state index contributed by atoms with van der Waals surface area (Å²) >= 11 is 0. The average Bonchev–Trinajstić information content (AvgIpc) is 3.73. The fraction of sp³-hybridized carbons (Fsp3) is 0.462. The Morgan fingerprint density at radius 3 is 2.29 bits per heavy atom. The fourth-order valence-corrected chi connectivity index (χ4v) is 5.95. The van der Waals surface area contributed by atoms with E-state index in [1.807, 2.05) is 0 Å². The minimum absolute atomic E-state index is 0.0133. The topological polar surface area (TPSA) is 178 Å². The van der Waals surface area contributed by atoms with E-state index in [4.69, 9.17) is 0 Å². The number of alkyl halides is 2. The molecule has 1 heterocycles. The van der Waals surface area contributed by atoms with Crippen molar-refractivity contribution in [1.29, 1.82) is 0 Å². The van der Waals surface area contributed by atoms with E-state index in [0.29, 0.717) is 5.56 Å². The van der Waals surface area contributed by atoms with Crippen LogP contribution in [-0.4, -0.2) is 82.2 Å². The Morgan fingerprint density at radius 2 is 1.74 bits per heavy atom. The molecule has 0 radical (unpaired) electrons. The zero-order valence-corrected chi connectivity index (χ0v) is 24.5. The average molecular weight is 631 g/mol. The van der Waals surface area contributed by atoms with Gasteiger partial charge in [-0.15, -0.1) is 0 Å². The second kappa shape index (κ2) is 13.6. The lowest BCUT2D eigenvalue weighted by molar-refractivity contribution is -0.172. The van der Waals surface area contributed by atoms with E-state index in [1.165, 1.54) is 31.5 Å². The van der Waals surface area contributed by atoms with Crippen LogP contribution in [0.15, 0.2) is 53.7 Å². The Labute approximate surface area is 242 Å². The minimum Gasteiger partial charge on any atom is -0.432 e. The molecule has 0 saturated heterocycles. The molecular weight excluding hydrogens is 598 g/mol. The predicted molar refractivity (Wildman–Crippen MR) is 147 cm³/mol. The Bertz CT molecular complexity index is 1480. The minimum atomic E-state index is -4.08. The van der Waals surface area contributed by atoms with E-state index in [9.17, 15) is 40.0 Å². The molecule has 12 nitrogen and oxygen atoms in total. The molecule has 2 amide bonds. The molecule has 1 aromatic heterocycles. The molecule has 0 aliphatic heterocycles. The van der Waals surface area contributed by atoms with Crippen LogP contribution < -0.4 is 20.7 Å². The second-order valence-electron chi connectivity index (χ2n) is 9.91. The summed E-state index contributed by atoms with van der Waals surface area (Å²) in [5.41, 5.74) is 0.307. The Hall–Kier alpha value is -3.50. The van der Waals surface area contributed by atoms with Crippen LogP contribution >= 0.6 is 0 Å². The molecule has 1 aromatic carbocycles. The van der Waals surface area contributed by atoms with Gasteiger partial charge in [0.25, 0.3) is 5.91 Å². The van der Waals surface area contributed by atoms with Crippen LogP contribution in [-0.2, 0) is 39.8 Å². The third-order valence-electron chi connectivity index (χ3n) is 6.10. The smallest absolute Gasteiger partial charge is 0.410 e. The highest BCUT2D eigenvalue weighted by molar-refractivity contribution is 7.91. The van der Waals surface area contributed by atoms with Crippen molar-refractivity contribution >= 4 is 37.3 Å². The summed E-state index contributed by atoms with van der Waals surface area (Å²) < 4.78 is 83.2. The zero-order chi connectivity index (χ0) is 31.1. The number of benzene rings is 1. The van der Waals surface area contributed by atoms with Gasteiger partial charge in [0, 0.05) is 24.7 Å². The maximum atomic E-state index is 14.7. The van der Waals surface area contributed by atoms with E-state index in [2.05, 4.69) is 25.7 Å². The highest BCUT2D eigenvalue weighted by Gasteiger charge is 2.37. The molecule has 1 aliphatic rings. The van der Waals surface area contributed by atoms with Gasteiger partial charge in [0.15, 0.2) is 19.7 Å². The molecule has 0 unspecified atom stereocenters. The molecule has 3 N–H and O–H groups in total. The number of ether oxygens (including phenoxy) is 1. The van der Waals surface area contributed by atoms with E-state index in [0.717, 1.165) is 43.4 Å². The highest BCUT2D eigenvalue weighted by Crippen LogP contribution is 2.23. The van der Waals surface area contributed by atoms with Crippen LogP contribution in [0.1, 0.15) is 31.7 Å². The number of pyridine rings is 1. The van der Waals surface area contributed by atoms with Crippen molar-refractivity contribution < 1.29 is 44.7 Å². The summed E-state index contributed by atoms with van der Waals surface area (Å²) in [6.07, 6.45) is 1.16. The summed E-state index contributed by atoms with van der Waals surface area (Å²) in [6, 6.07) is 4.02. The van der Waals surface area contributed by atoms with Crippen molar-refractivity contribution in [2.24, 2.45) is 0 Å². The van der Waals surface area contributed by atoms with Crippen molar-refractivity contribution in [2.75, 3.05) is 18.6 Å². The summed E-state index contributed by atoms with van der Waals surface area (Å²) in [5, 5.41) is 7.02. The number of halogens is 2. The number of amides is 2. The number of sulfone groups is 2. The normalized spacial score (nSPS) is 15.3. The highest BCUT2D eigenvalue weighted by atomic mass is 32.2. The second-order valence-corrected chi connectivity index (χ2v) is 14.0. The number of ketones is 1. The number of hydrogen-bond acceptors (Lipinski definition) is 10. The summed E-state index contributed by atoms with van der Waals surface area (Å²) in [7, 11) is -7.65. The summed E-state index contributed by atoms with van der Waals surface area (Å²) in [4.78, 5) is 41.6. The third-order valence-corrected chi connectivity index (χ3v) is 8.84. The Balaban J connectivity index is 1.74. The maximum absolute atomic E-state index is 14.7. The predicted octanol–water partition coefficient (Wildman–Crippen LogP) is 0.772. The van der Waals surface area contributed by atoms with Gasteiger partial charge >= 0.3 is 6.11 Å². The zero-order valence-electron chi connectivity index (χ0n) is 22.9. The van der Waals surface area contributed by atoms with Crippen LogP contribution in [0.4, 0.5) is 8.78 Å². The maximum Gasteiger partial charge on any atom is 0.410 e. The summed E-state index contributed by atoms with van der Waals surface area (Å²) in [5.74, 6) is -4.77. The van der Waals surface area contributed by atoms with Crippen molar-refractivity contribution in [1.82, 2.24) is 20.9 Å². The lowest BCUT2D eigenvalue weighted by Gasteiger charge is -2.24. The first-order valence-corrected chi connectivity index (χ1v) is 16.6. The van der Waals surface area contributed by atoms with Crippen LogP contribution in [0.5, 0.6) is 5.75 Å². The van der Waals surface area contributed by atoms with Crippen LogP contribution in [0.25, 0.3) is 0 Å². The molecule has 3 rings (SSSR count). The van der Waals surface area contributed by atoms with Crippen molar-refractivity contribution in [2.45, 2.75) is 61.1 Å². The number of aromatic nitrogens is 1. The van der Waals surface area contributed by atoms with E-state index in [-0.39, 0.29) is 23.1 Å². The lowest BCUT2D eigenvalue weighted by atomic mass is 10.1. The van der Waals surface area contributed by atoms with Crippen molar-refractivity contribution in [3.05, 3.63) is 54.4 Å². The van der Waals surface area contributed by atoms with Crippen molar-refractivity contribution in [3.8, 4) is 5.75 Å². The van der Waals surface area contributed by atoms with E-state index >= 15 is 0 Å². The van der Waals surface area contributed by atoms with Gasteiger partial charge in [-0.25, -0.2) is 16.8 Å². The van der Waals surface area contributed by atoms with Gasteiger partial charge in [-0.1, -0.05) is 13.0 Å². The van der Waals surface area contributed by atoms with Crippen molar-refractivity contribution in [3.63, 3.8) is 0 Å². The van der Waals surface area contributed by atoms with E-state index < -0.39 is 73.5 Å².